The fourth-order valence-electron chi connectivity index (χ4n) is 2.56. The van der Waals surface area contributed by atoms with Crippen molar-refractivity contribution < 1.29 is 0 Å². The fourth-order valence-corrected chi connectivity index (χ4v) is 2.56. The average Bonchev–Trinajstić information content (AvgIpc) is 3.09. The Labute approximate surface area is 143 Å². The van der Waals surface area contributed by atoms with Crippen LogP contribution in [-0.2, 0) is 13.0 Å². The first-order chi connectivity index (χ1) is 11.6. The van der Waals surface area contributed by atoms with E-state index in [1.54, 1.807) is 6.20 Å². The minimum Gasteiger partial charge on any atom is -0.303 e. The molecule has 1 aromatic carbocycles. The number of benzene rings is 1. The van der Waals surface area contributed by atoms with Gasteiger partial charge in [0.1, 0.15) is 5.69 Å². The molecule has 3 aromatic rings. The van der Waals surface area contributed by atoms with E-state index in [1.165, 1.54) is 11.1 Å². The van der Waals surface area contributed by atoms with Crippen molar-refractivity contribution in [1.29, 1.82) is 0 Å². The molecule has 0 saturated carbocycles. The molecular weight excluding hydrogens is 298 g/mol. The van der Waals surface area contributed by atoms with Crippen molar-refractivity contribution in [3.05, 3.63) is 66.1 Å². The van der Waals surface area contributed by atoms with Crippen molar-refractivity contribution in [2.75, 3.05) is 14.1 Å². The van der Waals surface area contributed by atoms with E-state index in [0.29, 0.717) is 6.04 Å². The van der Waals surface area contributed by atoms with Gasteiger partial charge in [-0.05, 0) is 44.6 Å². The highest BCUT2D eigenvalue weighted by atomic mass is 15.4. The first-order valence-corrected chi connectivity index (χ1v) is 8.19. The smallest absolute Gasteiger partial charge is 0.113 e. The highest BCUT2D eigenvalue weighted by Gasteiger charge is 2.09. The van der Waals surface area contributed by atoms with Crippen LogP contribution in [0.25, 0.3) is 11.3 Å². The fraction of sp³-hybridized carbons (Fsp3) is 0.316. The van der Waals surface area contributed by atoms with Gasteiger partial charge in [0.2, 0.25) is 0 Å². The summed E-state index contributed by atoms with van der Waals surface area (Å²) in [6, 6.07) is 13.0. The lowest BCUT2D eigenvalue weighted by atomic mass is 10.0. The molecule has 0 aliphatic carbocycles. The predicted octanol–water partition coefficient (Wildman–Crippen LogP) is 3.21. The van der Waals surface area contributed by atoms with Crippen molar-refractivity contribution in [2.45, 2.75) is 25.9 Å². The Bertz CT molecular complexity index is 762. The second-order valence-corrected chi connectivity index (χ2v) is 6.24. The quantitative estimate of drug-likeness (QED) is 0.699. The lowest BCUT2D eigenvalue weighted by molar-refractivity contribution is 0.321. The Kier molecular flexibility index (Phi) is 5.01. The first kappa shape index (κ1) is 16.3. The van der Waals surface area contributed by atoms with Gasteiger partial charge >= 0.3 is 0 Å². The topological polar surface area (TPSA) is 46.8 Å². The summed E-state index contributed by atoms with van der Waals surface area (Å²) >= 11 is 0. The van der Waals surface area contributed by atoms with Crippen LogP contribution in [0.5, 0.6) is 0 Å². The van der Waals surface area contributed by atoms with Gasteiger partial charge < -0.3 is 4.90 Å². The lowest BCUT2D eigenvalue weighted by Gasteiger charge is -2.20. The molecule has 0 aliphatic rings. The van der Waals surface area contributed by atoms with E-state index in [-0.39, 0.29) is 0 Å². The second kappa shape index (κ2) is 7.36. The molecule has 2 heterocycles. The van der Waals surface area contributed by atoms with Gasteiger partial charge in [0, 0.05) is 30.5 Å². The van der Waals surface area contributed by atoms with Crippen molar-refractivity contribution in [1.82, 2.24) is 24.9 Å². The molecule has 0 saturated heterocycles. The standard InChI is InChI=1S/C19H23N5/c1-15(23(2)3)17-6-8-18(9-7-17)19-14-24(22-21-19)12-10-16-5-4-11-20-13-16/h4-9,11,13-15H,10,12H2,1-3H3/t15-/m1/s1. The summed E-state index contributed by atoms with van der Waals surface area (Å²) < 4.78 is 1.89. The van der Waals surface area contributed by atoms with Gasteiger partial charge in [0.15, 0.2) is 0 Å². The third-order valence-corrected chi connectivity index (χ3v) is 4.35. The van der Waals surface area contributed by atoms with Crippen LogP contribution in [0.2, 0.25) is 0 Å². The minimum atomic E-state index is 0.397. The number of nitrogens with zero attached hydrogens (tertiary/aromatic N) is 5. The van der Waals surface area contributed by atoms with Gasteiger partial charge in [0.25, 0.3) is 0 Å². The van der Waals surface area contributed by atoms with Crippen molar-refractivity contribution >= 4 is 0 Å². The van der Waals surface area contributed by atoms with Crippen LogP contribution in [0.3, 0.4) is 0 Å². The molecule has 0 aliphatic heterocycles. The molecule has 0 unspecified atom stereocenters. The van der Waals surface area contributed by atoms with Crippen LogP contribution in [-0.4, -0.2) is 39.0 Å². The van der Waals surface area contributed by atoms with Crippen LogP contribution in [0.1, 0.15) is 24.1 Å². The average molecular weight is 321 g/mol. The zero-order valence-corrected chi connectivity index (χ0v) is 14.4. The van der Waals surface area contributed by atoms with Gasteiger partial charge in [-0.15, -0.1) is 5.10 Å². The number of rotatable bonds is 6. The SMILES string of the molecule is C[C@H](c1ccc(-c2cn(CCc3cccnc3)nn2)cc1)N(C)C. The van der Waals surface area contributed by atoms with Gasteiger partial charge in [-0.2, -0.15) is 0 Å². The third-order valence-electron chi connectivity index (χ3n) is 4.35. The molecule has 2 aromatic heterocycles. The summed E-state index contributed by atoms with van der Waals surface area (Å²) in [4.78, 5) is 6.33. The molecule has 0 bridgehead atoms. The van der Waals surface area contributed by atoms with E-state index in [9.17, 15) is 0 Å². The van der Waals surface area contributed by atoms with Gasteiger partial charge in [-0.1, -0.05) is 35.5 Å². The molecule has 5 nitrogen and oxygen atoms in total. The Morgan fingerprint density at radius 1 is 1.12 bits per heavy atom. The number of pyridine rings is 1. The number of hydrogen-bond donors (Lipinski definition) is 0. The molecule has 5 heteroatoms. The highest BCUT2D eigenvalue weighted by molar-refractivity contribution is 5.58. The van der Waals surface area contributed by atoms with Crippen LogP contribution in [0.15, 0.2) is 55.0 Å². The van der Waals surface area contributed by atoms with E-state index in [0.717, 1.165) is 24.2 Å². The molecule has 1 atom stereocenters. The summed E-state index contributed by atoms with van der Waals surface area (Å²) in [5, 5.41) is 8.53. The van der Waals surface area contributed by atoms with Crippen LogP contribution in [0.4, 0.5) is 0 Å². The third kappa shape index (κ3) is 3.86. The molecule has 0 radical (unpaired) electrons. The molecule has 124 valence electrons. The number of aryl methyl sites for hydroxylation is 2. The lowest BCUT2D eigenvalue weighted by Crippen LogP contribution is -2.16. The zero-order chi connectivity index (χ0) is 16.9. The second-order valence-electron chi connectivity index (χ2n) is 6.24. The van der Waals surface area contributed by atoms with Crippen molar-refractivity contribution in [2.24, 2.45) is 0 Å². The maximum Gasteiger partial charge on any atom is 0.113 e. The summed E-state index contributed by atoms with van der Waals surface area (Å²) in [6.45, 7) is 3.00. The monoisotopic (exact) mass is 321 g/mol. The molecule has 0 amide bonds. The van der Waals surface area contributed by atoms with E-state index in [1.807, 2.05) is 23.1 Å². The largest absolute Gasteiger partial charge is 0.303 e. The molecule has 0 fully saturated rings. The van der Waals surface area contributed by atoms with Crippen molar-refractivity contribution in [3.63, 3.8) is 0 Å². The van der Waals surface area contributed by atoms with Crippen LogP contribution >= 0.6 is 0 Å². The summed E-state index contributed by atoms with van der Waals surface area (Å²) in [6.07, 6.45) is 6.58. The predicted molar refractivity (Wildman–Crippen MR) is 95.5 cm³/mol. The van der Waals surface area contributed by atoms with E-state index in [2.05, 4.69) is 71.5 Å². The normalized spacial score (nSPS) is 12.5. The summed E-state index contributed by atoms with van der Waals surface area (Å²) in [7, 11) is 4.18. The van der Waals surface area contributed by atoms with E-state index in [4.69, 9.17) is 0 Å². The van der Waals surface area contributed by atoms with Crippen LogP contribution < -0.4 is 0 Å². The maximum absolute atomic E-state index is 4.30. The van der Waals surface area contributed by atoms with Gasteiger partial charge in [-0.25, -0.2) is 0 Å². The Hall–Kier alpha value is -2.53. The molecular formula is C19H23N5. The number of hydrogen-bond acceptors (Lipinski definition) is 4. The van der Waals surface area contributed by atoms with E-state index < -0.39 is 0 Å². The Balaban J connectivity index is 1.67. The van der Waals surface area contributed by atoms with Crippen LogP contribution in [0, 0.1) is 0 Å². The molecule has 3 rings (SSSR count). The Morgan fingerprint density at radius 2 is 1.92 bits per heavy atom. The minimum absolute atomic E-state index is 0.397. The summed E-state index contributed by atoms with van der Waals surface area (Å²) in [5.74, 6) is 0. The molecule has 24 heavy (non-hydrogen) atoms. The molecule has 0 spiro atoms. The number of aromatic nitrogens is 4. The van der Waals surface area contributed by atoms with Crippen molar-refractivity contribution in [3.8, 4) is 11.3 Å². The van der Waals surface area contributed by atoms with Gasteiger partial charge in [-0.3, -0.25) is 9.67 Å². The van der Waals surface area contributed by atoms with E-state index >= 15 is 0 Å². The Morgan fingerprint density at radius 3 is 2.58 bits per heavy atom. The first-order valence-electron chi connectivity index (χ1n) is 8.19. The maximum atomic E-state index is 4.30. The molecule has 0 N–H and O–H groups in total. The zero-order valence-electron chi connectivity index (χ0n) is 14.4. The van der Waals surface area contributed by atoms with Gasteiger partial charge in [0.05, 0.1) is 6.20 Å². The highest BCUT2D eigenvalue weighted by Crippen LogP contribution is 2.22. The summed E-state index contributed by atoms with van der Waals surface area (Å²) in [5.41, 5.74) is 4.51.